The number of methoxy groups -OCH3 is 1. The van der Waals surface area contributed by atoms with Crippen LogP contribution in [-0.4, -0.2) is 41.4 Å². The summed E-state index contributed by atoms with van der Waals surface area (Å²) in [7, 11) is 1.57. The Bertz CT molecular complexity index is 916. The maximum absolute atomic E-state index is 13.1. The molecule has 1 aromatic carbocycles. The number of nitrogens with one attached hydrogen (secondary N) is 2. The quantitative estimate of drug-likeness (QED) is 0.746. The molecule has 2 aromatic rings. The van der Waals surface area contributed by atoms with Crippen molar-refractivity contribution in [1.29, 1.82) is 0 Å². The molecule has 28 heavy (non-hydrogen) atoms. The van der Waals surface area contributed by atoms with Gasteiger partial charge < -0.3 is 15.4 Å². The molecule has 2 heterocycles. The summed E-state index contributed by atoms with van der Waals surface area (Å²) in [4.78, 5) is 42.8. The highest BCUT2D eigenvalue weighted by atomic mass is 16.5. The van der Waals surface area contributed by atoms with Crippen LogP contribution in [0.1, 0.15) is 24.5 Å². The number of anilines is 1. The average Bonchev–Trinajstić information content (AvgIpc) is 2.93. The van der Waals surface area contributed by atoms with Crippen molar-refractivity contribution in [1.82, 2.24) is 15.2 Å². The number of aryl methyl sites for hydroxylation is 1. The summed E-state index contributed by atoms with van der Waals surface area (Å²) in [5.74, 6) is -0.236. The Balaban J connectivity index is 1.82. The molecule has 1 aliphatic rings. The van der Waals surface area contributed by atoms with Crippen LogP contribution < -0.4 is 15.4 Å². The molecule has 1 saturated heterocycles. The second-order valence-electron chi connectivity index (χ2n) is 6.55. The van der Waals surface area contributed by atoms with E-state index in [0.29, 0.717) is 23.4 Å². The number of amides is 4. The van der Waals surface area contributed by atoms with E-state index in [1.165, 1.54) is 6.20 Å². The summed E-state index contributed by atoms with van der Waals surface area (Å²) in [6.07, 6.45) is 3.42. The van der Waals surface area contributed by atoms with Crippen LogP contribution in [0.2, 0.25) is 0 Å². The van der Waals surface area contributed by atoms with Gasteiger partial charge in [0, 0.05) is 6.20 Å². The number of rotatable bonds is 6. The second kappa shape index (κ2) is 7.67. The van der Waals surface area contributed by atoms with Gasteiger partial charge in [-0.15, -0.1) is 0 Å². The highest BCUT2D eigenvalue weighted by Crippen LogP contribution is 2.34. The van der Waals surface area contributed by atoms with Gasteiger partial charge in [-0.25, -0.2) is 4.79 Å². The van der Waals surface area contributed by atoms with Crippen molar-refractivity contribution in [2.24, 2.45) is 0 Å². The Hall–Kier alpha value is -3.42. The Morgan fingerprint density at radius 1 is 1.32 bits per heavy atom. The molecule has 1 fully saturated rings. The molecular formula is C20H22N4O4. The van der Waals surface area contributed by atoms with Crippen molar-refractivity contribution < 1.29 is 19.1 Å². The van der Waals surface area contributed by atoms with Crippen molar-refractivity contribution >= 4 is 23.5 Å². The number of carbonyl (C=O) groups is 3. The molecule has 1 aliphatic heterocycles. The molecule has 1 atom stereocenters. The van der Waals surface area contributed by atoms with E-state index in [-0.39, 0.29) is 6.54 Å². The zero-order valence-corrected chi connectivity index (χ0v) is 16.0. The number of imide groups is 1. The largest absolute Gasteiger partial charge is 0.496 e. The van der Waals surface area contributed by atoms with E-state index >= 15 is 0 Å². The molecule has 3 rings (SSSR count). The van der Waals surface area contributed by atoms with Gasteiger partial charge in [-0.3, -0.25) is 19.5 Å². The van der Waals surface area contributed by atoms with E-state index in [9.17, 15) is 14.4 Å². The number of urea groups is 1. The molecule has 8 heteroatoms. The van der Waals surface area contributed by atoms with Crippen molar-refractivity contribution in [2.75, 3.05) is 19.0 Å². The first-order chi connectivity index (χ1) is 13.4. The van der Waals surface area contributed by atoms with Crippen LogP contribution in [-0.2, 0) is 15.1 Å². The first-order valence-corrected chi connectivity index (χ1v) is 8.90. The van der Waals surface area contributed by atoms with Gasteiger partial charge in [0.1, 0.15) is 17.8 Å². The van der Waals surface area contributed by atoms with Crippen LogP contribution in [0.15, 0.2) is 42.7 Å². The third-order valence-electron chi connectivity index (χ3n) is 4.84. The predicted octanol–water partition coefficient (Wildman–Crippen LogP) is 2.19. The smallest absolute Gasteiger partial charge is 0.325 e. The maximum Gasteiger partial charge on any atom is 0.325 e. The third kappa shape index (κ3) is 3.40. The predicted molar refractivity (Wildman–Crippen MR) is 103 cm³/mol. The van der Waals surface area contributed by atoms with Crippen LogP contribution in [0.4, 0.5) is 10.5 Å². The molecule has 0 bridgehead atoms. The lowest BCUT2D eigenvalue weighted by atomic mass is 9.86. The number of ether oxygens (including phenoxy) is 1. The van der Waals surface area contributed by atoms with Crippen LogP contribution in [0.5, 0.6) is 5.75 Å². The summed E-state index contributed by atoms with van der Waals surface area (Å²) >= 11 is 0. The first kappa shape index (κ1) is 19.3. The molecule has 1 unspecified atom stereocenters. The van der Waals surface area contributed by atoms with Gasteiger partial charge in [0.15, 0.2) is 0 Å². The fourth-order valence-electron chi connectivity index (χ4n) is 3.33. The van der Waals surface area contributed by atoms with Gasteiger partial charge in [0.2, 0.25) is 5.91 Å². The van der Waals surface area contributed by atoms with E-state index < -0.39 is 23.4 Å². The van der Waals surface area contributed by atoms with Crippen LogP contribution in [0.25, 0.3) is 0 Å². The molecule has 4 amide bonds. The summed E-state index contributed by atoms with van der Waals surface area (Å²) in [5, 5.41) is 5.40. The van der Waals surface area contributed by atoms with Crippen LogP contribution in [0.3, 0.4) is 0 Å². The fourth-order valence-corrected chi connectivity index (χ4v) is 3.33. The number of aromatic nitrogens is 1. The van der Waals surface area contributed by atoms with Crippen molar-refractivity contribution in [2.45, 2.75) is 25.8 Å². The molecule has 8 nitrogen and oxygen atoms in total. The lowest BCUT2D eigenvalue weighted by Crippen LogP contribution is -2.44. The van der Waals surface area contributed by atoms with E-state index in [4.69, 9.17) is 4.74 Å². The zero-order valence-electron chi connectivity index (χ0n) is 16.0. The Morgan fingerprint density at radius 3 is 2.71 bits per heavy atom. The topological polar surface area (TPSA) is 101 Å². The number of nitrogens with zero attached hydrogens (tertiary/aromatic N) is 2. The standard InChI is InChI=1S/C20H22N4O4/c1-4-20(14-7-8-16(28-3)13(2)10-14)18(26)24(19(27)23-20)12-17(25)22-15-6-5-9-21-11-15/h5-11H,4,12H2,1-3H3,(H,22,25)(H,23,27). The minimum absolute atomic E-state index is 0.351. The summed E-state index contributed by atoms with van der Waals surface area (Å²) in [6.45, 7) is 3.31. The molecule has 0 saturated carbocycles. The molecule has 2 N–H and O–H groups in total. The lowest BCUT2D eigenvalue weighted by Gasteiger charge is -2.26. The Morgan fingerprint density at radius 2 is 2.11 bits per heavy atom. The Labute approximate surface area is 162 Å². The summed E-state index contributed by atoms with van der Waals surface area (Å²) < 4.78 is 5.27. The number of carbonyl (C=O) groups excluding carboxylic acids is 3. The van der Waals surface area contributed by atoms with Crippen molar-refractivity contribution in [3.63, 3.8) is 0 Å². The van der Waals surface area contributed by atoms with Crippen molar-refractivity contribution in [3.05, 3.63) is 53.9 Å². The minimum Gasteiger partial charge on any atom is -0.496 e. The SMILES string of the molecule is CCC1(c2ccc(OC)c(C)c2)NC(=O)N(CC(=O)Nc2cccnc2)C1=O. The highest BCUT2D eigenvalue weighted by molar-refractivity contribution is 6.10. The monoisotopic (exact) mass is 382 g/mol. The van der Waals surface area contributed by atoms with E-state index in [1.54, 1.807) is 37.6 Å². The van der Waals surface area contributed by atoms with Crippen LogP contribution in [0, 0.1) is 6.92 Å². The van der Waals surface area contributed by atoms with Gasteiger partial charge in [-0.1, -0.05) is 13.0 Å². The van der Waals surface area contributed by atoms with Gasteiger partial charge in [0.25, 0.3) is 5.91 Å². The fraction of sp³-hybridized carbons (Fsp3) is 0.300. The summed E-state index contributed by atoms with van der Waals surface area (Å²) in [6, 6.07) is 8.10. The molecule has 146 valence electrons. The number of hydrogen-bond donors (Lipinski definition) is 2. The van der Waals surface area contributed by atoms with Gasteiger partial charge in [-0.2, -0.15) is 0 Å². The number of benzene rings is 1. The third-order valence-corrected chi connectivity index (χ3v) is 4.84. The van der Waals surface area contributed by atoms with Gasteiger partial charge >= 0.3 is 6.03 Å². The van der Waals surface area contributed by atoms with E-state index in [0.717, 1.165) is 10.5 Å². The molecular weight excluding hydrogens is 360 g/mol. The van der Waals surface area contributed by atoms with E-state index in [2.05, 4.69) is 15.6 Å². The zero-order chi connectivity index (χ0) is 20.3. The number of pyridine rings is 1. The lowest BCUT2D eigenvalue weighted by molar-refractivity contribution is -0.134. The minimum atomic E-state index is -1.21. The molecule has 1 aromatic heterocycles. The first-order valence-electron chi connectivity index (χ1n) is 8.90. The van der Waals surface area contributed by atoms with E-state index in [1.807, 2.05) is 19.9 Å². The number of hydrogen-bond acceptors (Lipinski definition) is 5. The molecule has 0 radical (unpaired) electrons. The molecule has 0 aliphatic carbocycles. The highest BCUT2D eigenvalue weighted by Gasteiger charge is 2.51. The average molecular weight is 382 g/mol. The second-order valence-corrected chi connectivity index (χ2v) is 6.55. The normalized spacial score (nSPS) is 18.8. The van der Waals surface area contributed by atoms with Gasteiger partial charge in [0.05, 0.1) is 19.0 Å². The van der Waals surface area contributed by atoms with Crippen molar-refractivity contribution in [3.8, 4) is 5.75 Å². The van der Waals surface area contributed by atoms with Crippen LogP contribution >= 0.6 is 0 Å². The maximum atomic E-state index is 13.1. The van der Waals surface area contributed by atoms with Gasteiger partial charge in [-0.05, 0) is 48.7 Å². The molecule has 0 spiro atoms. The summed E-state index contributed by atoms with van der Waals surface area (Å²) in [5.41, 5.74) is 0.791. The Kier molecular flexibility index (Phi) is 5.30.